The Kier molecular flexibility index (Phi) is 3.87. The van der Waals surface area contributed by atoms with Gasteiger partial charge in [0.25, 0.3) is 0 Å². The van der Waals surface area contributed by atoms with E-state index >= 15 is 0 Å². The van der Waals surface area contributed by atoms with Crippen molar-refractivity contribution in [2.24, 2.45) is 11.8 Å². The highest BCUT2D eigenvalue weighted by Gasteiger charge is 2.13. The first-order valence-electron chi connectivity index (χ1n) is 5.16. The Morgan fingerprint density at radius 3 is 2.07 bits per heavy atom. The van der Waals surface area contributed by atoms with Gasteiger partial charge in [-0.3, -0.25) is 0 Å². The first-order chi connectivity index (χ1) is 6.69. The fraction of sp³-hybridized carbons (Fsp3) is 0.462. The number of aldehydes is 1. The van der Waals surface area contributed by atoms with Gasteiger partial charge in [-0.05, 0) is 18.8 Å². The number of rotatable bonds is 4. The van der Waals surface area contributed by atoms with Crippen LogP contribution in [0.2, 0.25) is 0 Å². The smallest absolute Gasteiger partial charge is 0.126 e. The van der Waals surface area contributed by atoms with Gasteiger partial charge in [-0.15, -0.1) is 6.58 Å². The van der Waals surface area contributed by atoms with E-state index in [1.54, 1.807) is 0 Å². The Morgan fingerprint density at radius 1 is 1.21 bits per heavy atom. The van der Waals surface area contributed by atoms with E-state index in [2.05, 4.69) is 25.7 Å². The van der Waals surface area contributed by atoms with Crippen LogP contribution in [0, 0.1) is 11.8 Å². The minimum Gasteiger partial charge on any atom is -0.303 e. The number of hydrogen-bond donors (Lipinski definition) is 0. The van der Waals surface area contributed by atoms with Crippen molar-refractivity contribution in [2.75, 3.05) is 0 Å². The van der Waals surface area contributed by atoms with E-state index in [1.807, 2.05) is 13.0 Å². The summed E-state index contributed by atoms with van der Waals surface area (Å²) in [5.74, 6) is 0.533. The third kappa shape index (κ3) is 2.44. The van der Waals surface area contributed by atoms with Gasteiger partial charge in [0.1, 0.15) is 6.29 Å². The molecule has 0 bridgehead atoms. The second-order valence-electron chi connectivity index (χ2n) is 3.93. The maximum Gasteiger partial charge on any atom is 0.126 e. The van der Waals surface area contributed by atoms with Crippen molar-refractivity contribution in [3.05, 3.63) is 36.0 Å². The van der Waals surface area contributed by atoms with Crippen molar-refractivity contribution in [3.63, 3.8) is 0 Å². The molecule has 0 saturated carbocycles. The lowest BCUT2D eigenvalue weighted by Gasteiger charge is -2.19. The fourth-order valence-electron chi connectivity index (χ4n) is 1.67. The normalized spacial score (nSPS) is 20.4. The van der Waals surface area contributed by atoms with Gasteiger partial charge in [-0.25, -0.2) is 0 Å². The van der Waals surface area contributed by atoms with Crippen LogP contribution in [0.15, 0.2) is 36.0 Å². The predicted molar refractivity (Wildman–Crippen MR) is 60.0 cm³/mol. The zero-order valence-electron chi connectivity index (χ0n) is 8.99. The number of carbonyl (C=O) groups is 1. The Hall–Kier alpha value is -1.11. The standard InChI is InChI=1S/C13H18O/c1-4-10(2)12-5-7-13(8-6-12)11(3)9-14/h4-5,7,9-11H,1,6,8H2,2-3H3. The van der Waals surface area contributed by atoms with Crippen LogP contribution in [0.1, 0.15) is 26.7 Å². The van der Waals surface area contributed by atoms with Gasteiger partial charge >= 0.3 is 0 Å². The summed E-state index contributed by atoms with van der Waals surface area (Å²) in [6, 6.07) is 0. The molecule has 1 nitrogen and oxygen atoms in total. The van der Waals surface area contributed by atoms with Crippen molar-refractivity contribution >= 4 is 6.29 Å². The third-order valence-corrected chi connectivity index (χ3v) is 2.94. The SMILES string of the molecule is C=CC(C)C1=CC=C(C(C)C=O)CC1. The molecule has 0 N–H and O–H groups in total. The van der Waals surface area contributed by atoms with Gasteiger partial charge in [0.15, 0.2) is 0 Å². The number of allylic oxidation sites excluding steroid dienone is 5. The largest absolute Gasteiger partial charge is 0.303 e. The molecule has 0 spiro atoms. The second-order valence-corrected chi connectivity index (χ2v) is 3.93. The van der Waals surface area contributed by atoms with Crippen LogP contribution >= 0.6 is 0 Å². The Labute approximate surface area is 86.2 Å². The molecule has 0 amide bonds. The van der Waals surface area contributed by atoms with Crippen molar-refractivity contribution < 1.29 is 4.79 Å². The van der Waals surface area contributed by atoms with Gasteiger partial charge in [0.2, 0.25) is 0 Å². The van der Waals surface area contributed by atoms with Crippen LogP contribution < -0.4 is 0 Å². The number of carbonyl (C=O) groups excluding carboxylic acids is 1. The summed E-state index contributed by atoms with van der Waals surface area (Å²) >= 11 is 0. The molecule has 76 valence electrons. The summed E-state index contributed by atoms with van der Waals surface area (Å²) in [6.45, 7) is 7.89. The lowest BCUT2D eigenvalue weighted by molar-refractivity contribution is -0.109. The maximum atomic E-state index is 10.6. The molecule has 0 aromatic heterocycles. The molecule has 14 heavy (non-hydrogen) atoms. The molecule has 0 heterocycles. The topological polar surface area (TPSA) is 17.1 Å². The summed E-state index contributed by atoms with van der Waals surface area (Å²) in [6.07, 6.45) is 9.31. The van der Waals surface area contributed by atoms with Gasteiger partial charge in [-0.2, -0.15) is 0 Å². The van der Waals surface area contributed by atoms with E-state index in [0.29, 0.717) is 5.92 Å². The predicted octanol–water partition coefficient (Wildman–Crippen LogP) is 3.29. The molecule has 1 heteroatoms. The van der Waals surface area contributed by atoms with Crippen LogP contribution in [0.3, 0.4) is 0 Å². The molecule has 1 aliphatic rings. The quantitative estimate of drug-likeness (QED) is 0.491. The van der Waals surface area contributed by atoms with Gasteiger partial charge in [-0.1, -0.05) is 43.2 Å². The summed E-state index contributed by atoms with van der Waals surface area (Å²) in [5.41, 5.74) is 2.67. The number of hydrogen-bond acceptors (Lipinski definition) is 1. The molecule has 2 atom stereocenters. The van der Waals surface area contributed by atoms with Crippen LogP contribution in [-0.4, -0.2) is 6.29 Å². The molecule has 1 aliphatic carbocycles. The Balaban J connectivity index is 2.73. The minimum absolute atomic E-state index is 0.0758. The van der Waals surface area contributed by atoms with Gasteiger partial charge in [0.05, 0.1) is 0 Å². The monoisotopic (exact) mass is 190 g/mol. The van der Waals surface area contributed by atoms with Crippen LogP contribution in [0.25, 0.3) is 0 Å². The van der Waals surface area contributed by atoms with Gasteiger partial charge in [0, 0.05) is 5.92 Å². The Bertz CT molecular complexity index is 254. The summed E-state index contributed by atoms with van der Waals surface area (Å²) in [4.78, 5) is 10.6. The van der Waals surface area contributed by atoms with E-state index in [1.165, 1.54) is 11.1 Å². The maximum absolute atomic E-state index is 10.6. The summed E-state index contributed by atoms with van der Waals surface area (Å²) in [5, 5.41) is 0. The average Bonchev–Trinajstić information content (AvgIpc) is 2.27. The zero-order valence-corrected chi connectivity index (χ0v) is 8.99. The lowest BCUT2D eigenvalue weighted by atomic mass is 9.86. The van der Waals surface area contributed by atoms with E-state index in [9.17, 15) is 4.79 Å². The molecule has 0 saturated heterocycles. The van der Waals surface area contributed by atoms with Crippen LogP contribution in [-0.2, 0) is 4.79 Å². The highest BCUT2D eigenvalue weighted by Crippen LogP contribution is 2.27. The molecule has 0 aromatic rings. The van der Waals surface area contributed by atoms with Crippen molar-refractivity contribution in [2.45, 2.75) is 26.7 Å². The third-order valence-electron chi connectivity index (χ3n) is 2.94. The molecule has 2 unspecified atom stereocenters. The van der Waals surface area contributed by atoms with Crippen molar-refractivity contribution in [1.82, 2.24) is 0 Å². The first-order valence-corrected chi connectivity index (χ1v) is 5.16. The van der Waals surface area contributed by atoms with Gasteiger partial charge < -0.3 is 4.79 Å². The van der Waals surface area contributed by atoms with E-state index < -0.39 is 0 Å². The molecule has 0 aromatic carbocycles. The van der Waals surface area contributed by atoms with E-state index in [4.69, 9.17) is 0 Å². The highest BCUT2D eigenvalue weighted by atomic mass is 16.1. The van der Waals surface area contributed by atoms with Crippen molar-refractivity contribution in [3.8, 4) is 0 Å². The summed E-state index contributed by atoms with van der Waals surface area (Å²) in [7, 11) is 0. The van der Waals surface area contributed by atoms with E-state index in [-0.39, 0.29) is 5.92 Å². The van der Waals surface area contributed by atoms with E-state index in [0.717, 1.165) is 19.1 Å². The zero-order chi connectivity index (χ0) is 10.6. The molecular formula is C13H18O. The van der Waals surface area contributed by atoms with Crippen LogP contribution in [0.5, 0.6) is 0 Å². The fourth-order valence-corrected chi connectivity index (χ4v) is 1.67. The lowest BCUT2D eigenvalue weighted by Crippen LogP contribution is -2.06. The average molecular weight is 190 g/mol. The molecular weight excluding hydrogens is 172 g/mol. The molecule has 0 aliphatic heterocycles. The molecule has 0 fully saturated rings. The van der Waals surface area contributed by atoms with Crippen LogP contribution in [0.4, 0.5) is 0 Å². The molecule has 0 radical (unpaired) electrons. The second kappa shape index (κ2) is 4.94. The highest BCUT2D eigenvalue weighted by molar-refractivity contribution is 5.58. The minimum atomic E-state index is 0.0758. The first kappa shape index (κ1) is 11.0. The summed E-state index contributed by atoms with van der Waals surface area (Å²) < 4.78 is 0. The molecule has 1 rings (SSSR count). The Morgan fingerprint density at radius 2 is 1.71 bits per heavy atom. The van der Waals surface area contributed by atoms with Crippen molar-refractivity contribution in [1.29, 1.82) is 0 Å².